The van der Waals surface area contributed by atoms with E-state index in [1.807, 2.05) is 60.1 Å². The molecule has 0 fully saturated rings. The van der Waals surface area contributed by atoms with E-state index in [4.69, 9.17) is 14.2 Å². The summed E-state index contributed by atoms with van der Waals surface area (Å²) in [5.74, 6) is 2.95. The Bertz CT molecular complexity index is 1160. The molecule has 2 aromatic carbocycles. The van der Waals surface area contributed by atoms with Crippen LogP contribution in [0.25, 0.3) is 22.0 Å². The number of aromatic amines is 1. The molecule has 0 saturated carbocycles. The summed E-state index contributed by atoms with van der Waals surface area (Å²) in [6, 6.07) is 17.6. The van der Waals surface area contributed by atoms with Gasteiger partial charge in [0.05, 0.1) is 24.8 Å². The van der Waals surface area contributed by atoms with Crippen molar-refractivity contribution in [3.05, 3.63) is 71.7 Å². The van der Waals surface area contributed by atoms with E-state index in [0.29, 0.717) is 18.0 Å². The second kappa shape index (κ2) is 11.7. The molecule has 0 aliphatic carbocycles. The third kappa shape index (κ3) is 6.17. The van der Waals surface area contributed by atoms with E-state index in [-0.39, 0.29) is 6.61 Å². The van der Waals surface area contributed by atoms with Gasteiger partial charge in [0.25, 0.3) is 0 Å². The van der Waals surface area contributed by atoms with Crippen molar-refractivity contribution in [3.8, 4) is 39.2 Å². The van der Waals surface area contributed by atoms with Crippen molar-refractivity contribution in [2.45, 2.75) is 12.5 Å². The maximum absolute atomic E-state index is 10.2. The number of thiophene rings is 1. The lowest BCUT2D eigenvalue weighted by Crippen LogP contribution is -2.32. The zero-order valence-corrected chi connectivity index (χ0v) is 20.1. The summed E-state index contributed by atoms with van der Waals surface area (Å²) >= 11 is 1.66. The molecule has 2 aromatic heterocycles. The van der Waals surface area contributed by atoms with E-state index in [2.05, 4.69) is 21.4 Å². The average molecular weight is 480 g/mol. The van der Waals surface area contributed by atoms with Crippen LogP contribution in [0.2, 0.25) is 0 Å². The van der Waals surface area contributed by atoms with Gasteiger partial charge in [-0.05, 0) is 66.4 Å². The van der Waals surface area contributed by atoms with Gasteiger partial charge >= 0.3 is 0 Å². The van der Waals surface area contributed by atoms with Crippen molar-refractivity contribution in [2.24, 2.45) is 0 Å². The van der Waals surface area contributed by atoms with E-state index in [1.165, 1.54) is 0 Å². The number of nitrogens with zero attached hydrogens (tertiary/aromatic N) is 1. The second-order valence-corrected chi connectivity index (χ2v) is 8.69. The van der Waals surface area contributed by atoms with Crippen molar-refractivity contribution in [1.82, 2.24) is 15.3 Å². The van der Waals surface area contributed by atoms with Gasteiger partial charge in [-0.2, -0.15) is 0 Å². The van der Waals surface area contributed by atoms with E-state index in [0.717, 1.165) is 46.2 Å². The largest absolute Gasteiger partial charge is 0.493 e. The molecule has 0 aliphatic rings. The Morgan fingerprint density at radius 3 is 2.62 bits per heavy atom. The number of benzene rings is 2. The Hall–Kier alpha value is -3.33. The number of hydrogen-bond donors (Lipinski definition) is 3. The van der Waals surface area contributed by atoms with Crippen LogP contribution < -0.4 is 19.5 Å². The predicted octanol–water partition coefficient (Wildman–Crippen LogP) is 4.39. The molecule has 4 aromatic rings. The normalized spacial score (nSPS) is 11.9. The third-order valence-electron chi connectivity index (χ3n) is 5.34. The molecule has 0 saturated heterocycles. The number of ether oxygens (including phenoxy) is 3. The molecule has 2 heterocycles. The number of aliphatic hydroxyl groups is 1. The van der Waals surface area contributed by atoms with Gasteiger partial charge in [-0.1, -0.05) is 12.1 Å². The van der Waals surface area contributed by atoms with Crippen molar-refractivity contribution in [3.63, 3.8) is 0 Å². The Balaban J connectivity index is 1.19. The quantitative estimate of drug-likeness (QED) is 0.261. The molecule has 0 aliphatic heterocycles. The number of rotatable bonds is 12. The van der Waals surface area contributed by atoms with Gasteiger partial charge in [0.2, 0.25) is 0 Å². The van der Waals surface area contributed by atoms with E-state index < -0.39 is 6.10 Å². The molecule has 3 N–H and O–H groups in total. The molecule has 0 spiro atoms. The molecule has 34 heavy (non-hydrogen) atoms. The molecular weight excluding hydrogens is 450 g/mol. The summed E-state index contributed by atoms with van der Waals surface area (Å²) in [4.78, 5) is 9.02. The Morgan fingerprint density at radius 1 is 1.06 bits per heavy atom. The zero-order valence-electron chi connectivity index (χ0n) is 19.3. The van der Waals surface area contributed by atoms with Crippen LogP contribution in [-0.4, -0.2) is 55.1 Å². The summed E-state index contributed by atoms with van der Waals surface area (Å²) in [5.41, 5.74) is 3.05. The highest BCUT2D eigenvalue weighted by Gasteiger charge is 2.09. The number of imidazole rings is 1. The number of hydrogen-bond acceptors (Lipinski definition) is 7. The number of nitrogens with one attached hydrogen (secondary N) is 2. The van der Waals surface area contributed by atoms with Gasteiger partial charge in [0.1, 0.15) is 24.3 Å². The van der Waals surface area contributed by atoms with Crippen molar-refractivity contribution in [1.29, 1.82) is 0 Å². The lowest BCUT2D eigenvalue weighted by Gasteiger charge is -2.14. The average Bonchev–Trinajstić information content (AvgIpc) is 3.58. The van der Waals surface area contributed by atoms with Crippen LogP contribution in [0, 0.1) is 0 Å². The molecule has 0 unspecified atom stereocenters. The minimum Gasteiger partial charge on any atom is -0.493 e. The van der Waals surface area contributed by atoms with Gasteiger partial charge < -0.3 is 29.6 Å². The van der Waals surface area contributed by atoms with Crippen LogP contribution in [-0.2, 0) is 6.42 Å². The zero-order chi connectivity index (χ0) is 23.8. The molecule has 0 amide bonds. The molecule has 1 atom stereocenters. The Kier molecular flexibility index (Phi) is 8.19. The SMILES string of the molecule is COc1ccc(CCNC[C@H](O)COc2ccc(-c3nc(-c4cccs4)c[nH]3)cc2)cc1OC. The Labute approximate surface area is 203 Å². The third-order valence-corrected chi connectivity index (χ3v) is 6.23. The molecule has 0 bridgehead atoms. The van der Waals surface area contributed by atoms with Crippen LogP contribution in [0.3, 0.4) is 0 Å². The summed E-state index contributed by atoms with van der Waals surface area (Å²) in [7, 11) is 3.25. The summed E-state index contributed by atoms with van der Waals surface area (Å²) in [5, 5.41) is 15.6. The number of methoxy groups -OCH3 is 2. The maximum Gasteiger partial charge on any atom is 0.160 e. The summed E-state index contributed by atoms with van der Waals surface area (Å²) in [6.07, 6.45) is 2.12. The standard InChI is InChI=1S/C26H29N3O4S/c1-31-23-10-5-18(14-24(23)32-2)11-12-27-15-20(30)17-33-21-8-6-19(7-9-21)26-28-16-22(29-26)25-4-3-13-34-25/h3-10,13-14,16,20,27,30H,11-12,15,17H2,1-2H3,(H,28,29)/t20-/m0/s1. The lowest BCUT2D eigenvalue weighted by molar-refractivity contribution is 0.106. The van der Waals surface area contributed by atoms with E-state index >= 15 is 0 Å². The van der Waals surface area contributed by atoms with Crippen molar-refractivity contribution in [2.75, 3.05) is 33.9 Å². The first-order valence-corrected chi connectivity index (χ1v) is 12.0. The van der Waals surface area contributed by atoms with Gasteiger partial charge in [-0.15, -0.1) is 11.3 Å². The highest BCUT2D eigenvalue weighted by Crippen LogP contribution is 2.28. The molecular formula is C26H29N3O4S. The molecule has 4 rings (SSSR count). The predicted molar refractivity (Wildman–Crippen MR) is 135 cm³/mol. The van der Waals surface area contributed by atoms with Gasteiger partial charge in [-0.25, -0.2) is 4.98 Å². The fourth-order valence-corrected chi connectivity index (χ4v) is 4.20. The number of aromatic nitrogens is 2. The van der Waals surface area contributed by atoms with Crippen LogP contribution in [0.15, 0.2) is 66.2 Å². The summed E-state index contributed by atoms with van der Waals surface area (Å²) in [6.45, 7) is 1.40. The van der Waals surface area contributed by atoms with Crippen LogP contribution in [0.5, 0.6) is 17.2 Å². The van der Waals surface area contributed by atoms with Crippen LogP contribution in [0.4, 0.5) is 0 Å². The second-order valence-electron chi connectivity index (χ2n) is 7.74. The first-order valence-electron chi connectivity index (χ1n) is 11.1. The molecule has 178 valence electrons. The highest BCUT2D eigenvalue weighted by molar-refractivity contribution is 7.13. The fraction of sp³-hybridized carbons (Fsp3) is 0.269. The summed E-state index contributed by atoms with van der Waals surface area (Å²) < 4.78 is 16.3. The molecule has 0 radical (unpaired) electrons. The Morgan fingerprint density at radius 2 is 1.88 bits per heavy atom. The highest BCUT2D eigenvalue weighted by atomic mass is 32.1. The van der Waals surface area contributed by atoms with E-state index in [1.54, 1.807) is 25.6 Å². The van der Waals surface area contributed by atoms with Crippen molar-refractivity contribution >= 4 is 11.3 Å². The smallest absolute Gasteiger partial charge is 0.160 e. The van der Waals surface area contributed by atoms with E-state index in [9.17, 15) is 5.11 Å². The first kappa shape index (κ1) is 23.8. The fourth-order valence-electron chi connectivity index (χ4n) is 3.52. The van der Waals surface area contributed by atoms with Gasteiger partial charge in [-0.3, -0.25) is 0 Å². The van der Waals surface area contributed by atoms with Crippen molar-refractivity contribution < 1.29 is 19.3 Å². The minimum absolute atomic E-state index is 0.214. The first-order chi connectivity index (χ1) is 16.7. The topological polar surface area (TPSA) is 88.6 Å². The molecule has 8 heteroatoms. The van der Waals surface area contributed by atoms with Crippen LogP contribution in [0.1, 0.15) is 5.56 Å². The van der Waals surface area contributed by atoms with Crippen LogP contribution >= 0.6 is 11.3 Å². The lowest BCUT2D eigenvalue weighted by atomic mass is 10.1. The maximum atomic E-state index is 10.2. The monoisotopic (exact) mass is 479 g/mol. The van der Waals surface area contributed by atoms with Gasteiger partial charge in [0, 0.05) is 18.3 Å². The number of aliphatic hydroxyl groups excluding tert-OH is 1. The van der Waals surface area contributed by atoms with Gasteiger partial charge in [0.15, 0.2) is 11.5 Å². The number of H-pyrrole nitrogens is 1. The molecule has 7 nitrogen and oxygen atoms in total. The minimum atomic E-state index is -0.608.